The maximum atomic E-state index is 10.9. The summed E-state index contributed by atoms with van der Waals surface area (Å²) >= 11 is 5.91. The Morgan fingerprint density at radius 2 is 1.70 bits per heavy atom. The number of rotatable bonds is 7. The smallest absolute Gasteiger partial charge is 0.269 e. The van der Waals surface area contributed by atoms with Crippen LogP contribution >= 0.6 is 11.6 Å². The van der Waals surface area contributed by atoms with Crippen LogP contribution in [0.2, 0.25) is 5.02 Å². The Bertz CT molecular complexity index is 1200. The van der Waals surface area contributed by atoms with Gasteiger partial charge in [-0.3, -0.25) is 10.1 Å². The molecule has 0 atom stereocenters. The molecule has 7 heteroatoms. The van der Waals surface area contributed by atoms with Gasteiger partial charge in [0.15, 0.2) is 0 Å². The predicted octanol–water partition coefficient (Wildman–Crippen LogP) is 5.37. The van der Waals surface area contributed by atoms with Gasteiger partial charge in [0.1, 0.15) is 0 Å². The highest BCUT2D eigenvalue weighted by Gasteiger charge is 2.09. The molecule has 1 heterocycles. The number of aromatic nitrogens is 1. The zero-order valence-corrected chi connectivity index (χ0v) is 16.8. The molecule has 150 valence electrons. The molecular formula is C23H19ClN4O2. The van der Waals surface area contributed by atoms with Crippen LogP contribution in [0.5, 0.6) is 0 Å². The molecule has 0 saturated carbocycles. The number of hydrogen-bond acceptors (Lipinski definition) is 4. The molecule has 0 bridgehead atoms. The van der Waals surface area contributed by atoms with E-state index in [9.17, 15) is 10.1 Å². The van der Waals surface area contributed by atoms with E-state index >= 15 is 0 Å². The molecule has 0 spiro atoms. The van der Waals surface area contributed by atoms with Gasteiger partial charge in [0.25, 0.3) is 5.69 Å². The van der Waals surface area contributed by atoms with E-state index in [1.165, 1.54) is 12.1 Å². The maximum absolute atomic E-state index is 10.9. The Labute approximate surface area is 178 Å². The van der Waals surface area contributed by atoms with Gasteiger partial charge in [0, 0.05) is 46.4 Å². The SMILES string of the molecule is O=[N+]([O-])c1ccc(Cn2cc(/C=N\NCc3ccc(Cl)cc3)c3ccccc32)cc1. The number of non-ortho nitro benzene ring substituents is 1. The average molecular weight is 419 g/mol. The highest BCUT2D eigenvalue weighted by Crippen LogP contribution is 2.22. The van der Waals surface area contributed by atoms with Gasteiger partial charge in [-0.05, 0) is 29.3 Å². The van der Waals surface area contributed by atoms with Crippen molar-refractivity contribution in [1.82, 2.24) is 9.99 Å². The quantitative estimate of drug-likeness (QED) is 0.249. The van der Waals surface area contributed by atoms with Crippen molar-refractivity contribution in [3.05, 3.63) is 111 Å². The third-order valence-corrected chi connectivity index (χ3v) is 5.06. The number of hydrazone groups is 1. The Balaban J connectivity index is 1.51. The molecule has 0 aliphatic rings. The van der Waals surface area contributed by atoms with Crippen LogP contribution in [0.4, 0.5) is 5.69 Å². The van der Waals surface area contributed by atoms with E-state index < -0.39 is 0 Å². The number of benzene rings is 3. The number of para-hydroxylation sites is 1. The minimum atomic E-state index is -0.388. The van der Waals surface area contributed by atoms with Gasteiger partial charge in [0.05, 0.1) is 17.7 Å². The molecule has 0 saturated heterocycles. The predicted molar refractivity (Wildman–Crippen MR) is 120 cm³/mol. The van der Waals surface area contributed by atoms with Crippen LogP contribution in [-0.2, 0) is 13.1 Å². The van der Waals surface area contributed by atoms with Crippen molar-refractivity contribution in [2.75, 3.05) is 0 Å². The minimum absolute atomic E-state index is 0.0932. The molecule has 3 aromatic carbocycles. The van der Waals surface area contributed by atoms with Crippen LogP contribution in [0.25, 0.3) is 10.9 Å². The summed E-state index contributed by atoms with van der Waals surface area (Å²) in [5, 5.41) is 17.0. The van der Waals surface area contributed by atoms with Crippen molar-refractivity contribution in [2.45, 2.75) is 13.1 Å². The number of hydrogen-bond donors (Lipinski definition) is 1. The zero-order valence-electron chi connectivity index (χ0n) is 16.0. The van der Waals surface area contributed by atoms with E-state index in [0.717, 1.165) is 27.6 Å². The molecule has 4 rings (SSSR count). The van der Waals surface area contributed by atoms with Gasteiger partial charge in [-0.15, -0.1) is 0 Å². The van der Waals surface area contributed by atoms with Crippen molar-refractivity contribution in [1.29, 1.82) is 0 Å². The Morgan fingerprint density at radius 3 is 2.43 bits per heavy atom. The maximum Gasteiger partial charge on any atom is 0.269 e. The van der Waals surface area contributed by atoms with Gasteiger partial charge in [-0.2, -0.15) is 5.10 Å². The lowest BCUT2D eigenvalue weighted by Gasteiger charge is -2.05. The lowest BCUT2D eigenvalue weighted by atomic mass is 10.2. The number of nitro groups is 1. The lowest BCUT2D eigenvalue weighted by Crippen LogP contribution is -2.05. The van der Waals surface area contributed by atoms with Crippen LogP contribution < -0.4 is 5.43 Å². The summed E-state index contributed by atoms with van der Waals surface area (Å²) in [4.78, 5) is 10.5. The van der Waals surface area contributed by atoms with Crippen LogP contribution in [-0.4, -0.2) is 15.7 Å². The second-order valence-corrected chi connectivity index (χ2v) is 7.31. The summed E-state index contributed by atoms with van der Waals surface area (Å²) in [7, 11) is 0. The first-order chi connectivity index (χ1) is 14.6. The zero-order chi connectivity index (χ0) is 20.9. The van der Waals surface area contributed by atoms with E-state index in [1.807, 2.05) is 48.8 Å². The van der Waals surface area contributed by atoms with Crippen LogP contribution in [0.1, 0.15) is 16.7 Å². The van der Waals surface area contributed by atoms with E-state index in [0.29, 0.717) is 18.1 Å². The number of nitrogens with one attached hydrogen (secondary N) is 1. The summed E-state index contributed by atoms with van der Waals surface area (Å²) in [6.45, 7) is 1.22. The molecule has 0 radical (unpaired) electrons. The van der Waals surface area contributed by atoms with Crippen molar-refractivity contribution in [3.63, 3.8) is 0 Å². The first kappa shape index (κ1) is 19.7. The Kier molecular flexibility index (Phi) is 5.77. The monoisotopic (exact) mass is 418 g/mol. The number of nitro benzene ring substituents is 1. The molecule has 0 fully saturated rings. The molecular weight excluding hydrogens is 400 g/mol. The highest BCUT2D eigenvalue weighted by atomic mass is 35.5. The standard InChI is InChI=1S/C23H19ClN4O2/c24-20-9-5-17(6-10-20)13-25-26-14-19-16-27(23-4-2-1-3-22(19)23)15-18-7-11-21(12-8-18)28(29)30/h1-12,14,16,25H,13,15H2/b26-14-. The van der Waals surface area contributed by atoms with Gasteiger partial charge < -0.3 is 9.99 Å². The fourth-order valence-corrected chi connectivity index (χ4v) is 3.41. The van der Waals surface area contributed by atoms with Crippen LogP contribution in [0.15, 0.2) is 84.1 Å². The normalized spacial score (nSPS) is 11.2. The summed E-state index contributed by atoms with van der Waals surface area (Å²) < 4.78 is 2.12. The summed E-state index contributed by atoms with van der Waals surface area (Å²) in [5.41, 5.74) is 7.32. The summed E-state index contributed by atoms with van der Waals surface area (Å²) in [6, 6.07) is 22.4. The van der Waals surface area contributed by atoms with Gasteiger partial charge >= 0.3 is 0 Å². The third-order valence-electron chi connectivity index (χ3n) is 4.81. The molecule has 0 amide bonds. The fraction of sp³-hybridized carbons (Fsp3) is 0.0870. The summed E-state index contributed by atoms with van der Waals surface area (Å²) in [6.07, 6.45) is 3.85. The second-order valence-electron chi connectivity index (χ2n) is 6.87. The molecule has 4 aromatic rings. The first-order valence-corrected chi connectivity index (χ1v) is 9.79. The largest absolute Gasteiger partial charge is 0.342 e. The van der Waals surface area contributed by atoms with Crippen molar-refractivity contribution >= 4 is 34.4 Å². The Hall–Kier alpha value is -3.64. The van der Waals surface area contributed by atoms with Crippen LogP contribution in [0.3, 0.4) is 0 Å². The van der Waals surface area contributed by atoms with E-state index in [-0.39, 0.29) is 10.6 Å². The van der Waals surface area contributed by atoms with Crippen molar-refractivity contribution in [2.24, 2.45) is 5.10 Å². The molecule has 0 aliphatic heterocycles. The van der Waals surface area contributed by atoms with E-state index in [4.69, 9.17) is 11.6 Å². The first-order valence-electron chi connectivity index (χ1n) is 9.42. The second kappa shape index (κ2) is 8.80. The van der Waals surface area contributed by atoms with E-state index in [1.54, 1.807) is 12.1 Å². The number of nitrogens with zero attached hydrogens (tertiary/aromatic N) is 3. The van der Waals surface area contributed by atoms with Crippen molar-refractivity contribution < 1.29 is 4.92 Å². The highest BCUT2D eigenvalue weighted by molar-refractivity contribution is 6.30. The molecule has 1 N–H and O–H groups in total. The minimum Gasteiger partial charge on any atom is -0.342 e. The molecule has 6 nitrogen and oxygen atoms in total. The van der Waals surface area contributed by atoms with Gasteiger partial charge in [0.2, 0.25) is 0 Å². The molecule has 1 aromatic heterocycles. The average Bonchev–Trinajstić information content (AvgIpc) is 3.10. The van der Waals surface area contributed by atoms with Crippen LogP contribution in [0, 0.1) is 10.1 Å². The van der Waals surface area contributed by atoms with Gasteiger partial charge in [-0.25, -0.2) is 0 Å². The number of halogens is 1. The number of fused-ring (bicyclic) bond motifs is 1. The molecule has 0 unspecified atom stereocenters. The third kappa shape index (κ3) is 4.50. The summed E-state index contributed by atoms with van der Waals surface area (Å²) in [5.74, 6) is 0. The molecule has 0 aliphatic carbocycles. The van der Waals surface area contributed by atoms with Gasteiger partial charge in [-0.1, -0.05) is 54.1 Å². The lowest BCUT2D eigenvalue weighted by molar-refractivity contribution is -0.384. The molecule has 30 heavy (non-hydrogen) atoms. The fourth-order valence-electron chi connectivity index (χ4n) is 3.28. The van der Waals surface area contributed by atoms with E-state index in [2.05, 4.69) is 27.2 Å². The topological polar surface area (TPSA) is 72.5 Å². The van der Waals surface area contributed by atoms with Crippen molar-refractivity contribution in [3.8, 4) is 0 Å². The Morgan fingerprint density at radius 1 is 1.00 bits per heavy atom.